The minimum Gasteiger partial charge on any atom is -0.493 e. The van der Waals surface area contributed by atoms with Gasteiger partial charge in [0, 0.05) is 0 Å². The lowest BCUT2D eigenvalue weighted by atomic mass is 10.1. The van der Waals surface area contributed by atoms with Crippen molar-refractivity contribution in [2.75, 3.05) is 21.3 Å². The normalized spacial score (nSPS) is 10.3. The fourth-order valence-electron chi connectivity index (χ4n) is 1.29. The van der Waals surface area contributed by atoms with Crippen LogP contribution in [0.15, 0.2) is 12.1 Å². The van der Waals surface area contributed by atoms with Crippen molar-refractivity contribution in [3.05, 3.63) is 17.7 Å². The van der Waals surface area contributed by atoms with Gasteiger partial charge in [-0.3, -0.25) is 0 Å². The van der Waals surface area contributed by atoms with E-state index in [1.54, 1.807) is 33.5 Å². The fraction of sp³-hybridized carbons (Fsp3) is 0.400. The Morgan fingerprint density at radius 2 is 1.40 bits per heavy atom. The van der Waals surface area contributed by atoms with Gasteiger partial charge in [0.25, 0.3) is 0 Å². The third-order valence-corrected chi connectivity index (χ3v) is 2.07. The van der Waals surface area contributed by atoms with E-state index in [0.29, 0.717) is 17.2 Å². The molecule has 0 spiro atoms. The van der Waals surface area contributed by atoms with Crippen LogP contribution >= 0.6 is 0 Å². The number of nitrogens with two attached hydrogens (primary N) is 2. The van der Waals surface area contributed by atoms with Gasteiger partial charge in [-0.25, -0.2) is 0 Å². The molecule has 0 atom stereocenters. The van der Waals surface area contributed by atoms with E-state index in [-0.39, 0.29) is 0 Å². The first kappa shape index (κ1) is 11.6. The average molecular weight is 212 g/mol. The molecule has 0 aromatic heterocycles. The van der Waals surface area contributed by atoms with Crippen LogP contribution in [-0.2, 0) is 0 Å². The first-order chi connectivity index (χ1) is 7.13. The number of benzene rings is 1. The molecule has 0 radical (unpaired) electrons. The van der Waals surface area contributed by atoms with E-state index in [4.69, 9.17) is 25.7 Å². The Labute approximate surface area is 88.9 Å². The molecule has 5 nitrogen and oxygen atoms in total. The van der Waals surface area contributed by atoms with E-state index in [1.807, 2.05) is 0 Å². The molecule has 0 aliphatic heterocycles. The monoisotopic (exact) mass is 212 g/mol. The first-order valence-electron chi connectivity index (χ1n) is 4.45. The van der Waals surface area contributed by atoms with E-state index in [2.05, 4.69) is 0 Å². The molecule has 0 bridgehead atoms. The zero-order valence-electron chi connectivity index (χ0n) is 9.11. The zero-order chi connectivity index (χ0) is 11.4. The molecule has 0 unspecified atom stereocenters. The number of hydrogen-bond donors (Lipinski definition) is 2. The minimum atomic E-state index is -0.571. The lowest BCUT2D eigenvalue weighted by molar-refractivity contribution is 0.323. The van der Waals surface area contributed by atoms with E-state index in [9.17, 15) is 0 Å². The Kier molecular flexibility index (Phi) is 3.76. The van der Waals surface area contributed by atoms with Gasteiger partial charge in [0.1, 0.15) is 0 Å². The highest BCUT2D eigenvalue weighted by atomic mass is 16.5. The molecule has 0 aliphatic rings. The summed E-state index contributed by atoms with van der Waals surface area (Å²) in [6, 6.07) is 3.46. The Balaban J connectivity index is 3.29. The van der Waals surface area contributed by atoms with Crippen LogP contribution in [0.1, 0.15) is 11.7 Å². The molecule has 0 amide bonds. The van der Waals surface area contributed by atoms with Crippen LogP contribution in [0.4, 0.5) is 0 Å². The maximum Gasteiger partial charge on any atom is 0.203 e. The van der Waals surface area contributed by atoms with Gasteiger partial charge in [-0.15, -0.1) is 0 Å². The van der Waals surface area contributed by atoms with Crippen molar-refractivity contribution in [2.24, 2.45) is 11.5 Å². The Morgan fingerprint density at radius 3 is 1.67 bits per heavy atom. The summed E-state index contributed by atoms with van der Waals surface area (Å²) < 4.78 is 15.5. The molecule has 1 aromatic rings. The number of ether oxygens (including phenoxy) is 3. The van der Waals surface area contributed by atoms with Crippen molar-refractivity contribution in [1.82, 2.24) is 0 Å². The summed E-state index contributed by atoms with van der Waals surface area (Å²) in [6.07, 6.45) is -0.571. The summed E-state index contributed by atoms with van der Waals surface area (Å²) in [6.45, 7) is 0. The molecule has 0 heterocycles. The topological polar surface area (TPSA) is 79.7 Å². The number of rotatable bonds is 4. The second kappa shape index (κ2) is 4.86. The molecule has 0 saturated carbocycles. The minimum absolute atomic E-state index is 0.532. The highest BCUT2D eigenvalue weighted by molar-refractivity contribution is 5.54. The van der Waals surface area contributed by atoms with Crippen LogP contribution < -0.4 is 25.7 Å². The molecule has 84 valence electrons. The van der Waals surface area contributed by atoms with Crippen LogP contribution in [0.2, 0.25) is 0 Å². The molecule has 0 saturated heterocycles. The zero-order valence-corrected chi connectivity index (χ0v) is 9.11. The van der Waals surface area contributed by atoms with Crippen molar-refractivity contribution in [3.8, 4) is 17.2 Å². The van der Waals surface area contributed by atoms with Crippen LogP contribution in [-0.4, -0.2) is 21.3 Å². The smallest absolute Gasteiger partial charge is 0.203 e. The van der Waals surface area contributed by atoms with E-state index in [0.717, 1.165) is 5.56 Å². The predicted octanol–water partition coefficient (Wildman–Crippen LogP) is 0.628. The maximum absolute atomic E-state index is 5.58. The third-order valence-electron chi connectivity index (χ3n) is 2.07. The molecular formula is C10H16N2O3. The van der Waals surface area contributed by atoms with E-state index < -0.39 is 6.17 Å². The van der Waals surface area contributed by atoms with Crippen LogP contribution in [0.3, 0.4) is 0 Å². The van der Waals surface area contributed by atoms with Gasteiger partial charge in [-0.05, 0) is 17.7 Å². The van der Waals surface area contributed by atoms with Gasteiger partial charge in [-0.1, -0.05) is 0 Å². The summed E-state index contributed by atoms with van der Waals surface area (Å²) in [5, 5.41) is 0. The molecule has 15 heavy (non-hydrogen) atoms. The van der Waals surface area contributed by atoms with Crippen molar-refractivity contribution in [2.45, 2.75) is 6.17 Å². The third kappa shape index (κ3) is 2.31. The molecule has 1 rings (SSSR count). The SMILES string of the molecule is COc1cc(C(N)N)cc(OC)c1OC. The fourth-order valence-corrected chi connectivity index (χ4v) is 1.29. The first-order valence-corrected chi connectivity index (χ1v) is 4.45. The van der Waals surface area contributed by atoms with Gasteiger partial charge in [0.2, 0.25) is 5.75 Å². The summed E-state index contributed by atoms with van der Waals surface area (Å²) in [4.78, 5) is 0. The molecule has 0 aliphatic carbocycles. The standard InChI is InChI=1S/C10H16N2O3/c1-13-7-4-6(10(11)12)5-8(14-2)9(7)15-3/h4-5,10H,11-12H2,1-3H3. The molecule has 1 aromatic carbocycles. The summed E-state index contributed by atoms with van der Waals surface area (Å²) in [5.41, 5.74) is 11.9. The van der Waals surface area contributed by atoms with Crippen molar-refractivity contribution < 1.29 is 14.2 Å². The van der Waals surface area contributed by atoms with Gasteiger partial charge >= 0.3 is 0 Å². The summed E-state index contributed by atoms with van der Waals surface area (Å²) in [7, 11) is 4.63. The second-order valence-electron chi connectivity index (χ2n) is 2.98. The highest BCUT2D eigenvalue weighted by Gasteiger charge is 2.14. The Bertz CT molecular complexity index is 314. The predicted molar refractivity (Wildman–Crippen MR) is 57.2 cm³/mol. The Morgan fingerprint density at radius 1 is 0.933 bits per heavy atom. The molecule has 5 heteroatoms. The lowest BCUT2D eigenvalue weighted by Crippen LogP contribution is -2.20. The Hall–Kier alpha value is -1.46. The van der Waals surface area contributed by atoms with Crippen molar-refractivity contribution >= 4 is 0 Å². The average Bonchev–Trinajstić information content (AvgIpc) is 2.26. The van der Waals surface area contributed by atoms with Crippen molar-refractivity contribution in [3.63, 3.8) is 0 Å². The van der Waals surface area contributed by atoms with Crippen LogP contribution in [0, 0.1) is 0 Å². The number of methoxy groups -OCH3 is 3. The molecule has 4 N–H and O–H groups in total. The van der Waals surface area contributed by atoms with Gasteiger partial charge < -0.3 is 25.7 Å². The molecule has 0 fully saturated rings. The van der Waals surface area contributed by atoms with Crippen LogP contribution in [0.5, 0.6) is 17.2 Å². The summed E-state index contributed by atoms with van der Waals surface area (Å²) in [5.74, 6) is 1.63. The summed E-state index contributed by atoms with van der Waals surface area (Å²) >= 11 is 0. The number of hydrogen-bond acceptors (Lipinski definition) is 5. The van der Waals surface area contributed by atoms with Crippen molar-refractivity contribution in [1.29, 1.82) is 0 Å². The largest absolute Gasteiger partial charge is 0.493 e. The highest BCUT2D eigenvalue weighted by Crippen LogP contribution is 2.38. The molecular weight excluding hydrogens is 196 g/mol. The lowest BCUT2D eigenvalue weighted by Gasteiger charge is -2.15. The van der Waals surface area contributed by atoms with Crippen LogP contribution in [0.25, 0.3) is 0 Å². The van der Waals surface area contributed by atoms with Gasteiger partial charge in [0.15, 0.2) is 11.5 Å². The van der Waals surface area contributed by atoms with E-state index >= 15 is 0 Å². The van der Waals surface area contributed by atoms with Gasteiger partial charge in [-0.2, -0.15) is 0 Å². The van der Waals surface area contributed by atoms with E-state index in [1.165, 1.54) is 0 Å². The second-order valence-corrected chi connectivity index (χ2v) is 2.98. The maximum atomic E-state index is 5.58. The van der Waals surface area contributed by atoms with Gasteiger partial charge in [0.05, 0.1) is 27.5 Å². The quantitative estimate of drug-likeness (QED) is 0.715.